The summed E-state index contributed by atoms with van der Waals surface area (Å²) in [6, 6.07) is 9.90. The number of rotatable bonds is 3. The fraction of sp³-hybridized carbons (Fsp3) is 0.429. The number of carbonyl (C=O) groups excluding carboxylic acids is 1. The molecule has 0 spiro atoms. The summed E-state index contributed by atoms with van der Waals surface area (Å²) < 4.78 is 31.7. The van der Waals surface area contributed by atoms with E-state index in [1.807, 2.05) is 29.2 Å². The monoisotopic (exact) mass is 449 g/mol. The Hall–Kier alpha value is -3.39. The van der Waals surface area contributed by atoms with Crippen molar-refractivity contribution in [1.82, 2.24) is 20.0 Å². The first kappa shape index (κ1) is 23.3. The van der Waals surface area contributed by atoms with Crippen LogP contribution in [-0.4, -0.2) is 62.8 Å². The van der Waals surface area contributed by atoms with Crippen molar-refractivity contribution in [1.29, 1.82) is 5.26 Å². The summed E-state index contributed by atoms with van der Waals surface area (Å²) >= 11 is 0. The third-order valence-corrected chi connectivity index (χ3v) is 5.31. The summed E-state index contributed by atoms with van der Waals surface area (Å²) in [7, 11) is 0. The molecule has 1 saturated heterocycles. The summed E-state index contributed by atoms with van der Waals surface area (Å²) in [6.07, 6.45) is -2.05. The number of benzene rings is 1. The van der Waals surface area contributed by atoms with Gasteiger partial charge in [0.1, 0.15) is 0 Å². The van der Waals surface area contributed by atoms with Crippen molar-refractivity contribution in [2.75, 3.05) is 19.6 Å². The van der Waals surface area contributed by atoms with E-state index in [1.54, 1.807) is 0 Å². The molecule has 2 N–H and O–H groups in total. The largest absolute Gasteiger partial charge is 0.490 e. The topological polar surface area (TPSA) is 113 Å². The van der Waals surface area contributed by atoms with Gasteiger partial charge in [0, 0.05) is 50.4 Å². The normalized spacial score (nSPS) is 16.0. The number of nitriles is 1. The van der Waals surface area contributed by atoms with Crippen LogP contribution in [-0.2, 0) is 24.3 Å². The van der Waals surface area contributed by atoms with Crippen molar-refractivity contribution in [3.63, 3.8) is 0 Å². The zero-order chi connectivity index (χ0) is 23.3. The maximum absolute atomic E-state index is 12.7. The number of aliphatic carboxylic acids is 1. The second kappa shape index (κ2) is 9.82. The van der Waals surface area contributed by atoms with Gasteiger partial charge < -0.3 is 10.0 Å². The summed E-state index contributed by atoms with van der Waals surface area (Å²) in [5.74, 6) is -2.70. The number of halogens is 3. The average Bonchev–Trinajstić information content (AvgIpc) is 3.43. The van der Waals surface area contributed by atoms with E-state index >= 15 is 0 Å². The minimum atomic E-state index is -5.08. The van der Waals surface area contributed by atoms with Crippen LogP contribution in [0.5, 0.6) is 0 Å². The van der Waals surface area contributed by atoms with E-state index in [1.165, 1.54) is 0 Å². The molecule has 170 valence electrons. The molecule has 3 heterocycles. The van der Waals surface area contributed by atoms with Crippen molar-refractivity contribution in [2.45, 2.75) is 38.5 Å². The van der Waals surface area contributed by atoms with Crippen LogP contribution in [0.2, 0.25) is 0 Å². The van der Waals surface area contributed by atoms with E-state index < -0.39 is 12.1 Å². The van der Waals surface area contributed by atoms with Crippen molar-refractivity contribution in [3.8, 4) is 6.07 Å². The predicted octanol–water partition coefficient (Wildman–Crippen LogP) is 2.71. The molecule has 2 aliphatic heterocycles. The number of hydrogen-bond donors (Lipinski definition) is 2. The molecule has 1 aromatic carbocycles. The number of alkyl halides is 3. The molecule has 0 radical (unpaired) electrons. The molecule has 0 bridgehead atoms. The molecule has 1 aromatic heterocycles. The zero-order valence-electron chi connectivity index (χ0n) is 17.2. The fourth-order valence-electron chi connectivity index (χ4n) is 3.73. The van der Waals surface area contributed by atoms with Crippen molar-refractivity contribution < 1.29 is 27.9 Å². The van der Waals surface area contributed by atoms with Gasteiger partial charge in [-0.25, -0.2) is 4.79 Å². The Morgan fingerprint density at radius 1 is 1.22 bits per heavy atom. The zero-order valence-corrected chi connectivity index (χ0v) is 17.2. The minimum absolute atomic E-state index is 0.0586. The van der Waals surface area contributed by atoms with Crippen LogP contribution in [0.15, 0.2) is 24.3 Å². The number of carboxylic acid groups (broad SMARTS) is 1. The van der Waals surface area contributed by atoms with E-state index in [9.17, 15) is 18.0 Å². The Morgan fingerprint density at radius 3 is 2.53 bits per heavy atom. The third kappa shape index (κ3) is 5.64. The van der Waals surface area contributed by atoms with Gasteiger partial charge in [0.15, 0.2) is 5.69 Å². The summed E-state index contributed by atoms with van der Waals surface area (Å²) in [4.78, 5) is 25.8. The van der Waals surface area contributed by atoms with Crippen molar-refractivity contribution in [2.24, 2.45) is 0 Å². The Morgan fingerprint density at radius 2 is 1.91 bits per heavy atom. The van der Waals surface area contributed by atoms with Crippen molar-refractivity contribution >= 4 is 11.9 Å². The Kier molecular flexibility index (Phi) is 7.15. The van der Waals surface area contributed by atoms with Gasteiger partial charge in [-0.15, -0.1) is 0 Å². The van der Waals surface area contributed by atoms with Gasteiger partial charge in [-0.05, 0) is 30.5 Å². The van der Waals surface area contributed by atoms with Crippen LogP contribution < -0.4 is 0 Å². The van der Waals surface area contributed by atoms with E-state index in [2.05, 4.69) is 21.2 Å². The van der Waals surface area contributed by atoms with E-state index in [4.69, 9.17) is 15.2 Å². The molecule has 1 amide bonds. The van der Waals surface area contributed by atoms with Gasteiger partial charge in [-0.3, -0.25) is 14.8 Å². The third-order valence-electron chi connectivity index (χ3n) is 5.31. The number of fused-ring (bicyclic) bond motifs is 1. The second-order valence-corrected chi connectivity index (χ2v) is 7.60. The number of hydrogen-bond acceptors (Lipinski definition) is 5. The highest BCUT2D eigenvalue weighted by atomic mass is 19.4. The van der Waals surface area contributed by atoms with Gasteiger partial charge in [-0.2, -0.15) is 23.5 Å². The van der Waals surface area contributed by atoms with E-state index in [0.29, 0.717) is 11.3 Å². The number of nitrogens with one attached hydrogen (secondary N) is 1. The molecule has 11 heteroatoms. The van der Waals surface area contributed by atoms with Crippen LogP contribution in [0.3, 0.4) is 0 Å². The molecule has 4 rings (SSSR count). The predicted molar refractivity (Wildman–Crippen MR) is 106 cm³/mol. The summed E-state index contributed by atoms with van der Waals surface area (Å²) in [6.45, 7) is 4.09. The Labute approximate surface area is 182 Å². The average molecular weight is 449 g/mol. The lowest BCUT2D eigenvalue weighted by molar-refractivity contribution is -0.192. The second-order valence-electron chi connectivity index (χ2n) is 7.60. The first-order valence-corrected chi connectivity index (χ1v) is 10.1. The number of nitrogens with zero attached hydrogens (tertiary/aromatic N) is 4. The van der Waals surface area contributed by atoms with Crippen LogP contribution in [0.1, 0.15) is 45.7 Å². The molecule has 0 aliphatic carbocycles. The summed E-state index contributed by atoms with van der Waals surface area (Å²) in [5.41, 5.74) is 4.53. The number of H-pyrrole nitrogens is 1. The number of aromatic nitrogens is 2. The highest BCUT2D eigenvalue weighted by Crippen LogP contribution is 2.24. The molecule has 0 atom stereocenters. The molecule has 0 unspecified atom stereocenters. The Balaban J connectivity index is 0.000000360. The smallest absolute Gasteiger partial charge is 0.475 e. The lowest BCUT2D eigenvalue weighted by Crippen LogP contribution is -2.33. The van der Waals surface area contributed by atoms with Crippen LogP contribution in [0.4, 0.5) is 13.2 Å². The lowest BCUT2D eigenvalue weighted by Gasteiger charge is -2.27. The molecule has 32 heavy (non-hydrogen) atoms. The van der Waals surface area contributed by atoms with Gasteiger partial charge >= 0.3 is 12.1 Å². The van der Waals surface area contributed by atoms with Gasteiger partial charge in [-0.1, -0.05) is 12.1 Å². The van der Waals surface area contributed by atoms with Crippen LogP contribution >= 0.6 is 0 Å². The quantitative estimate of drug-likeness (QED) is 0.745. The molecular weight excluding hydrogens is 427 g/mol. The van der Waals surface area contributed by atoms with Crippen molar-refractivity contribution in [3.05, 3.63) is 52.3 Å². The molecule has 8 nitrogen and oxygen atoms in total. The lowest BCUT2D eigenvalue weighted by atomic mass is 10.0. The fourth-order valence-corrected chi connectivity index (χ4v) is 3.73. The van der Waals surface area contributed by atoms with E-state index in [0.717, 1.165) is 68.8 Å². The first-order chi connectivity index (χ1) is 15.2. The number of likely N-dealkylation sites (tertiary alicyclic amines) is 1. The minimum Gasteiger partial charge on any atom is -0.475 e. The van der Waals surface area contributed by atoms with Crippen LogP contribution in [0, 0.1) is 11.3 Å². The van der Waals surface area contributed by atoms with Crippen LogP contribution in [0.25, 0.3) is 0 Å². The standard InChI is InChI=1S/C19H21N5O.C2HF3O2/c20-11-14-4-3-5-15(10-14)12-23-9-6-17-16(13-23)18(22-21-17)19(25)24-7-1-2-8-24;3-2(4,5)1(6)7/h3-5,10H,1-2,6-9,12-13H2,(H,21,22);(H,6,7). The van der Waals surface area contributed by atoms with Gasteiger partial charge in [0.05, 0.1) is 11.6 Å². The molecule has 0 saturated carbocycles. The highest BCUT2D eigenvalue weighted by Gasteiger charge is 2.38. The highest BCUT2D eigenvalue weighted by molar-refractivity contribution is 5.94. The van der Waals surface area contributed by atoms with E-state index in [-0.39, 0.29) is 5.91 Å². The maximum atomic E-state index is 12.7. The molecule has 1 fully saturated rings. The SMILES string of the molecule is N#Cc1cccc(CN2CCc3[nH]nc(C(=O)N4CCCC4)c3C2)c1.O=C(O)C(F)(F)F. The molecule has 2 aliphatic rings. The summed E-state index contributed by atoms with van der Waals surface area (Å²) in [5, 5.41) is 23.6. The maximum Gasteiger partial charge on any atom is 0.490 e. The number of aromatic amines is 1. The Bertz CT molecular complexity index is 1020. The number of carbonyl (C=O) groups is 2. The van der Waals surface area contributed by atoms with Gasteiger partial charge in [0.25, 0.3) is 5.91 Å². The number of amides is 1. The number of carboxylic acids is 1. The van der Waals surface area contributed by atoms with Gasteiger partial charge in [0.2, 0.25) is 0 Å². The molecule has 2 aromatic rings. The molecular formula is C21H22F3N5O3. The first-order valence-electron chi connectivity index (χ1n) is 10.1.